The summed E-state index contributed by atoms with van der Waals surface area (Å²) in [6.07, 6.45) is 1.44. The van der Waals surface area contributed by atoms with Crippen molar-refractivity contribution < 1.29 is 23.5 Å². The van der Waals surface area contributed by atoms with Gasteiger partial charge in [0, 0.05) is 23.4 Å². The third kappa shape index (κ3) is 6.03. The van der Waals surface area contributed by atoms with Gasteiger partial charge in [-0.1, -0.05) is 73.5 Å². The fraction of sp³-hybridized carbons (Fsp3) is 0.226. The fourth-order valence-electron chi connectivity index (χ4n) is 4.99. The number of hydrogen-bond acceptors (Lipinski definition) is 2. The minimum Gasteiger partial charge on any atom is -0.481 e. The van der Waals surface area contributed by atoms with Crippen LogP contribution < -0.4 is 5.32 Å². The lowest BCUT2D eigenvalue weighted by Crippen LogP contribution is -2.26. The molecule has 0 aliphatic carbocycles. The molecule has 2 unspecified atom stereocenters. The highest BCUT2D eigenvalue weighted by Gasteiger charge is 2.29. The van der Waals surface area contributed by atoms with E-state index in [1.807, 2.05) is 24.3 Å². The molecule has 0 radical (unpaired) electrons. The summed E-state index contributed by atoms with van der Waals surface area (Å²) in [5.74, 6) is -2.62. The number of carbonyl (C=O) groups excluding carboxylic acids is 1. The number of hydrogen-bond donors (Lipinski definition) is 2. The summed E-state index contributed by atoms with van der Waals surface area (Å²) in [7, 11) is 0. The number of benzene rings is 4. The van der Waals surface area contributed by atoms with Gasteiger partial charge in [0.05, 0.1) is 11.4 Å². The second kappa shape index (κ2) is 12.2. The third-order valence-electron chi connectivity index (χ3n) is 6.77. The number of rotatable bonds is 10. The van der Waals surface area contributed by atoms with Crippen LogP contribution >= 0.6 is 11.6 Å². The van der Waals surface area contributed by atoms with Crippen LogP contribution in [0.25, 0.3) is 10.8 Å². The maximum atomic E-state index is 14.7. The van der Waals surface area contributed by atoms with Crippen molar-refractivity contribution in [3.05, 3.63) is 118 Å². The molecule has 0 saturated heterocycles. The Morgan fingerprint density at radius 1 is 0.895 bits per heavy atom. The summed E-state index contributed by atoms with van der Waals surface area (Å²) in [4.78, 5) is 23.2. The normalized spacial score (nSPS) is 12.7. The maximum Gasteiger partial charge on any atom is 0.305 e. The smallest absolute Gasteiger partial charge is 0.305 e. The molecule has 4 aromatic rings. The van der Waals surface area contributed by atoms with E-state index in [2.05, 4.69) is 12.2 Å². The lowest BCUT2D eigenvalue weighted by atomic mass is 9.74. The molecule has 196 valence electrons. The Balaban J connectivity index is 1.79. The average molecular weight is 536 g/mol. The fourth-order valence-corrected chi connectivity index (χ4v) is 5.11. The molecular formula is C31H28ClF2NO3. The number of amides is 1. The van der Waals surface area contributed by atoms with E-state index in [1.165, 1.54) is 12.1 Å². The van der Waals surface area contributed by atoms with Gasteiger partial charge >= 0.3 is 5.97 Å². The Morgan fingerprint density at radius 3 is 2.24 bits per heavy atom. The number of carbonyl (C=O) groups is 2. The lowest BCUT2D eigenvalue weighted by molar-refractivity contribution is -0.136. The zero-order chi connectivity index (χ0) is 27.2. The monoisotopic (exact) mass is 535 g/mol. The molecule has 2 atom stereocenters. The van der Waals surface area contributed by atoms with Gasteiger partial charge in [-0.15, -0.1) is 0 Å². The SMILES string of the molecule is CCCC(c1ccc(C(=O)NCCC(=O)O)cc1)C(c1ccc(Cl)c(F)c1)c1ccc(F)c2ccccc12. The molecule has 1 amide bonds. The highest BCUT2D eigenvalue weighted by Crippen LogP contribution is 2.44. The van der Waals surface area contributed by atoms with E-state index in [0.717, 1.165) is 34.9 Å². The molecule has 0 aliphatic heterocycles. The Kier molecular flexibility index (Phi) is 8.74. The van der Waals surface area contributed by atoms with Crippen molar-refractivity contribution >= 4 is 34.2 Å². The summed E-state index contributed by atoms with van der Waals surface area (Å²) >= 11 is 6.01. The van der Waals surface area contributed by atoms with Crippen LogP contribution in [0.15, 0.2) is 78.9 Å². The van der Waals surface area contributed by atoms with Crippen LogP contribution in [0, 0.1) is 11.6 Å². The first-order valence-corrected chi connectivity index (χ1v) is 12.9. The highest BCUT2D eigenvalue weighted by molar-refractivity contribution is 6.30. The number of halogens is 3. The van der Waals surface area contributed by atoms with Gasteiger partial charge in [0.15, 0.2) is 0 Å². The van der Waals surface area contributed by atoms with Crippen molar-refractivity contribution in [3.63, 3.8) is 0 Å². The molecule has 0 heterocycles. The number of carboxylic acids is 1. The summed E-state index contributed by atoms with van der Waals surface area (Å²) in [6, 6.07) is 22.4. The summed E-state index contributed by atoms with van der Waals surface area (Å²) in [5, 5.41) is 12.7. The first-order chi connectivity index (χ1) is 18.3. The van der Waals surface area contributed by atoms with Crippen LogP contribution in [0.1, 0.15) is 65.1 Å². The van der Waals surface area contributed by atoms with Crippen LogP contribution in [0.2, 0.25) is 5.02 Å². The maximum absolute atomic E-state index is 14.7. The van der Waals surface area contributed by atoms with Gasteiger partial charge < -0.3 is 10.4 Å². The standard InChI is InChI=1S/C31H28ClF2NO3/c1-2-5-22(19-8-10-20(11-9-19)31(38)35-17-16-29(36)37)30(21-12-14-26(32)28(34)18-21)25-13-15-27(33)24-7-4-3-6-23(24)25/h3-4,6-15,18,22,30H,2,5,16-17H2,1H3,(H,35,38)(H,36,37). The summed E-state index contributed by atoms with van der Waals surface area (Å²) in [6.45, 7) is 2.11. The zero-order valence-electron chi connectivity index (χ0n) is 20.9. The largest absolute Gasteiger partial charge is 0.481 e. The van der Waals surface area contributed by atoms with Crippen molar-refractivity contribution in [2.75, 3.05) is 6.54 Å². The van der Waals surface area contributed by atoms with E-state index in [1.54, 1.807) is 42.5 Å². The first-order valence-electron chi connectivity index (χ1n) is 12.5. The van der Waals surface area contributed by atoms with Crippen LogP contribution in [-0.2, 0) is 4.79 Å². The van der Waals surface area contributed by atoms with Crippen LogP contribution in [0.4, 0.5) is 8.78 Å². The van der Waals surface area contributed by atoms with Crippen LogP contribution in [0.3, 0.4) is 0 Å². The van der Waals surface area contributed by atoms with Gasteiger partial charge in [0.2, 0.25) is 0 Å². The van der Waals surface area contributed by atoms with Crippen LogP contribution in [0.5, 0.6) is 0 Å². The van der Waals surface area contributed by atoms with Gasteiger partial charge in [-0.05, 0) is 64.7 Å². The molecular weight excluding hydrogens is 508 g/mol. The quantitative estimate of drug-likeness (QED) is 0.219. The van der Waals surface area contributed by atoms with Crippen LogP contribution in [-0.4, -0.2) is 23.5 Å². The number of aliphatic carboxylic acids is 1. The van der Waals surface area contributed by atoms with Gasteiger partial charge in [0.1, 0.15) is 11.6 Å². The molecule has 0 saturated carbocycles. The number of nitrogens with one attached hydrogen (secondary N) is 1. The van der Waals surface area contributed by atoms with E-state index in [0.29, 0.717) is 10.9 Å². The second-order valence-corrected chi connectivity index (χ2v) is 9.66. The molecule has 0 spiro atoms. The molecule has 4 aromatic carbocycles. The lowest BCUT2D eigenvalue weighted by Gasteiger charge is -2.30. The summed E-state index contributed by atoms with van der Waals surface area (Å²) < 4.78 is 29.4. The molecule has 2 N–H and O–H groups in total. The zero-order valence-corrected chi connectivity index (χ0v) is 21.6. The number of fused-ring (bicyclic) bond motifs is 1. The molecule has 0 bridgehead atoms. The predicted molar refractivity (Wildman–Crippen MR) is 146 cm³/mol. The van der Waals surface area contributed by atoms with Crippen molar-refractivity contribution in [2.24, 2.45) is 0 Å². The Morgan fingerprint density at radius 2 is 1.58 bits per heavy atom. The summed E-state index contributed by atoms with van der Waals surface area (Å²) in [5.41, 5.74) is 2.95. The molecule has 4 nitrogen and oxygen atoms in total. The average Bonchev–Trinajstić information content (AvgIpc) is 2.91. The molecule has 0 aliphatic rings. The molecule has 4 rings (SSSR count). The van der Waals surface area contributed by atoms with Gasteiger partial charge in [-0.2, -0.15) is 0 Å². The van der Waals surface area contributed by atoms with Crippen molar-refractivity contribution in [3.8, 4) is 0 Å². The highest BCUT2D eigenvalue weighted by atomic mass is 35.5. The molecule has 0 fully saturated rings. The molecule has 38 heavy (non-hydrogen) atoms. The van der Waals surface area contributed by atoms with E-state index < -0.39 is 11.8 Å². The van der Waals surface area contributed by atoms with Crippen molar-refractivity contribution in [1.82, 2.24) is 5.32 Å². The Bertz CT molecular complexity index is 1460. The Hall–Kier alpha value is -3.77. The second-order valence-electron chi connectivity index (χ2n) is 9.25. The van der Waals surface area contributed by atoms with Gasteiger partial charge in [-0.25, -0.2) is 8.78 Å². The van der Waals surface area contributed by atoms with E-state index in [-0.39, 0.29) is 41.5 Å². The Labute approximate surface area is 225 Å². The van der Waals surface area contributed by atoms with E-state index in [9.17, 15) is 18.4 Å². The first kappa shape index (κ1) is 27.3. The molecule has 7 heteroatoms. The van der Waals surface area contributed by atoms with E-state index in [4.69, 9.17) is 16.7 Å². The van der Waals surface area contributed by atoms with Crippen molar-refractivity contribution in [2.45, 2.75) is 38.0 Å². The topological polar surface area (TPSA) is 66.4 Å². The van der Waals surface area contributed by atoms with Crippen molar-refractivity contribution in [1.29, 1.82) is 0 Å². The van der Waals surface area contributed by atoms with Gasteiger partial charge in [-0.3, -0.25) is 9.59 Å². The predicted octanol–water partition coefficient (Wildman–Crippen LogP) is 7.69. The van der Waals surface area contributed by atoms with Gasteiger partial charge in [0.25, 0.3) is 5.91 Å². The third-order valence-corrected chi connectivity index (χ3v) is 7.08. The molecule has 0 aromatic heterocycles. The number of carboxylic acid groups (broad SMARTS) is 1. The minimum atomic E-state index is -0.985. The van der Waals surface area contributed by atoms with E-state index >= 15 is 0 Å². The minimum absolute atomic E-state index is 0.0294.